The van der Waals surface area contributed by atoms with Gasteiger partial charge >= 0.3 is 5.97 Å². The Balaban J connectivity index is 2.80. The Morgan fingerprint density at radius 2 is 2.05 bits per heavy atom. The van der Waals surface area contributed by atoms with Gasteiger partial charge in [0.25, 0.3) is 0 Å². The Hall–Kier alpha value is -1.84. The van der Waals surface area contributed by atoms with Crippen molar-refractivity contribution in [2.45, 2.75) is 39.2 Å². The fourth-order valence-electron chi connectivity index (χ4n) is 1.70. The molecule has 1 aromatic rings. The molecule has 0 aliphatic carbocycles. The Morgan fingerprint density at radius 3 is 2.63 bits per heavy atom. The summed E-state index contributed by atoms with van der Waals surface area (Å²) < 4.78 is 10.4. The van der Waals surface area contributed by atoms with Crippen LogP contribution in [-0.4, -0.2) is 25.0 Å². The number of carbonyl (C=O) groups excluding carboxylic acids is 2. The minimum absolute atomic E-state index is 0.0337. The van der Waals surface area contributed by atoms with Crippen molar-refractivity contribution in [1.82, 2.24) is 0 Å². The minimum Gasteiger partial charge on any atom is -0.479 e. The number of Topliss-reactive ketones (excluding diaryl/α,β-unsaturated/α-hetero) is 1. The van der Waals surface area contributed by atoms with E-state index < -0.39 is 6.10 Å². The van der Waals surface area contributed by atoms with Gasteiger partial charge in [-0.2, -0.15) is 0 Å². The zero-order valence-electron chi connectivity index (χ0n) is 11.6. The molecule has 0 N–H and O–H groups in total. The fraction of sp³-hybridized carbons (Fsp3) is 0.467. The van der Waals surface area contributed by atoms with Crippen LogP contribution in [0.1, 0.15) is 43.5 Å². The first-order valence-corrected chi connectivity index (χ1v) is 6.44. The molecule has 0 aromatic heterocycles. The van der Waals surface area contributed by atoms with Crippen molar-refractivity contribution in [3.05, 3.63) is 29.8 Å². The highest BCUT2D eigenvalue weighted by Crippen LogP contribution is 2.18. The van der Waals surface area contributed by atoms with Gasteiger partial charge in [0.2, 0.25) is 0 Å². The van der Waals surface area contributed by atoms with Crippen LogP contribution >= 0.6 is 0 Å². The third-order valence-corrected chi connectivity index (χ3v) is 2.80. The van der Waals surface area contributed by atoms with Crippen molar-refractivity contribution in [3.8, 4) is 5.75 Å². The molecule has 4 heteroatoms. The van der Waals surface area contributed by atoms with Crippen LogP contribution in [0.15, 0.2) is 24.3 Å². The summed E-state index contributed by atoms with van der Waals surface area (Å²) in [5.74, 6) is 0.0921. The lowest BCUT2D eigenvalue weighted by molar-refractivity contribution is -0.149. The van der Waals surface area contributed by atoms with E-state index in [-0.39, 0.29) is 11.8 Å². The van der Waals surface area contributed by atoms with Crippen LogP contribution < -0.4 is 4.74 Å². The van der Waals surface area contributed by atoms with Crippen LogP contribution in [0.4, 0.5) is 0 Å². The van der Waals surface area contributed by atoms with Crippen LogP contribution in [0.3, 0.4) is 0 Å². The fourth-order valence-corrected chi connectivity index (χ4v) is 1.70. The summed E-state index contributed by atoms with van der Waals surface area (Å²) in [5.41, 5.74) is 0.566. The second kappa shape index (κ2) is 7.56. The summed E-state index contributed by atoms with van der Waals surface area (Å²) in [6.07, 6.45) is 1.84. The number of hydrogen-bond acceptors (Lipinski definition) is 4. The lowest BCUT2D eigenvalue weighted by Gasteiger charge is -2.17. The van der Waals surface area contributed by atoms with E-state index in [2.05, 4.69) is 0 Å². The van der Waals surface area contributed by atoms with E-state index in [1.165, 1.54) is 14.0 Å². The molecule has 1 atom stereocenters. The highest BCUT2D eigenvalue weighted by molar-refractivity contribution is 5.94. The van der Waals surface area contributed by atoms with Crippen LogP contribution in [0.5, 0.6) is 5.75 Å². The Kier molecular flexibility index (Phi) is 6.06. The lowest BCUT2D eigenvalue weighted by atomic mass is 10.1. The number of rotatable bonds is 7. The van der Waals surface area contributed by atoms with Crippen molar-refractivity contribution in [1.29, 1.82) is 0 Å². The molecule has 0 saturated carbocycles. The minimum atomic E-state index is -0.618. The van der Waals surface area contributed by atoms with Crippen molar-refractivity contribution >= 4 is 11.8 Å². The molecule has 0 radical (unpaired) electrons. The third kappa shape index (κ3) is 4.73. The van der Waals surface area contributed by atoms with E-state index in [1.807, 2.05) is 6.92 Å². The molecule has 1 rings (SSSR count). The van der Waals surface area contributed by atoms with Crippen LogP contribution in [0, 0.1) is 0 Å². The van der Waals surface area contributed by atoms with Gasteiger partial charge in [-0.05, 0) is 31.9 Å². The summed E-state index contributed by atoms with van der Waals surface area (Å²) in [6, 6.07) is 6.83. The summed E-state index contributed by atoms with van der Waals surface area (Å²) in [7, 11) is 1.34. The largest absolute Gasteiger partial charge is 0.479 e. The number of benzene rings is 1. The molecule has 0 heterocycles. The maximum absolute atomic E-state index is 11.6. The Morgan fingerprint density at radius 1 is 1.32 bits per heavy atom. The predicted molar refractivity (Wildman–Crippen MR) is 72.4 cm³/mol. The molecule has 0 aliphatic heterocycles. The molecule has 0 bridgehead atoms. The molecule has 104 valence electrons. The maximum Gasteiger partial charge on any atom is 0.347 e. The average Bonchev–Trinajstić information content (AvgIpc) is 2.42. The molecular weight excluding hydrogens is 244 g/mol. The number of ether oxygens (including phenoxy) is 2. The predicted octanol–water partition coefficient (Wildman–Crippen LogP) is 3.00. The van der Waals surface area contributed by atoms with Crippen LogP contribution in [0.2, 0.25) is 0 Å². The Labute approximate surface area is 113 Å². The average molecular weight is 264 g/mol. The van der Waals surface area contributed by atoms with E-state index >= 15 is 0 Å². The standard InChI is InChI=1S/C15H20O4/c1-4-5-9-14(15(17)18-3)19-13-8-6-7-12(10-13)11(2)16/h6-8,10,14H,4-5,9H2,1-3H3. The van der Waals surface area contributed by atoms with Crippen LogP contribution in [-0.2, 0) is 9.53 Å². The second-order valence-electron chi connectivity index (χ2n) is 4.36. The first-order valence-electron chi connectivity index (χ1n) is 6.44. The van der Waals surface area contributed by atoms with E-state index in [1.54, 1.807) is 24.3 Å². The number of ketones is 1. The van der Waals surface area contributed by atoms with Gasteiger partial charge in [-0.1, -0.05) is 25.5 Å². The summed E-state index contributed by atoms with van der Waals surface area (Å²) in [4.78, 5) is 22.9. The third-order valence-electron chi connectivity index (χ3n) is 2.80. The molecule has 0 saturated heterocycles. The van der Waals surface area contributed by atoms with Crippen molar-refractivity contribution < 1.29 is 19.1 Å². The van der Waals surface area contributed by atoms with Gasteiger partial charge in [0.05, 0.1) is 7.11 Å². The SMILES string of the molecule is CCCCC(Oc1cccc(C(C)=O)c1)C(=O)OC. The molecule has 19 heavy (non-hydrogen) atoms. The quantitative estimate of drug-likeness (QED) is 0.561. The van der Waals surface area contributed by atoms with E-state index in [0.29, 0.717) is 17.7 Å². The molecule has 4 nitrogen and oxygen atoms in total. The molecule has 1 aromatic carbocycles. The van der Waals surface area contributed by atoms with Gasteiger partial charge in [0.15, 0.2) is 11.9 Å². The second-order valence-corrected chi connectivity index (χ2v) is 4.36. The zero-order chi connectivity index (χ0) is 14.3. The highest BCUT2D eigenvalue weighted by atomic mass is 16.6. The van der Waals surface area contributed by atoms with Gasteiger partial charge in [-0.15, -0.1) is 0 Å². The number of hydrogen-bond donors (Lipinski definition) is 0. The van der Waals surface area contributed by atoms with Crippen LogP contribution in [0.25, 0.3) is 0 Å². The van der Waals surface area contributed by atoms with Gasteiger partial charge in [0.1, 0.15) is 5.75 Å². The molecule has 0 aliphatic rings. The molecule has 1 unspecified atom stereocenters. The summed E-state index contributed by atoms with van der Waals surface area (Å²) in [5, 5.41) is 0. The molecule has 0 fully saturated rings. The maximum atomic E-state index is 11.6. The lowest BCUT2D eigenvalue weighted by Crippen LogP contribution is -2.28. The summed E-state index contributed by atoms with van der Waals surface area (Å²) in [6.45, 7) is 3.54. The van der Waals surface area contributed by atoms with Gasteiger partial charge < -0.3 is 9.47 Å². The topological polar surface area (TPSA) is 52.6 Å². The van der Waals surface area contributed by atoms with E-state index in [0.717, 1.165) is 12.8 Å². The highest BCUT2D eigenvalue weighted by Gasteiger charge is 2.20. The molecular formula is C15H20O4. The van der Waals surface area contributed by atoms with Crippen molar-refractivity contribution in [2.75, 3.05) is 7.11 Å². The van der Waals surface area contributed by atoms with E-state index in [4.69, 9.17) is 9.47 Å². The number of carbonyl (C=O) groups is 2. The van der Waals surface area contributed by atoms with Gasteiger partial charge in [-0.3, -0.25) is 4.79 Å². The monoisotopic (exact) mass is 264 g/mol. The summed E-state index contributed by atoms with van der Waals surface area (Å²) >= 11 is 0. The Bertz CT molecular complexity index is 440. The van der Waals surface area contributed by atoms with E-state index in [9.17, 15) is 9.59 Å². The van der Waals surface area contributed by atoms with Gasteiger partial charge in [-0.25, -0.2) is 4.79 Å². The van der Waals surface area contributed by atoms with Gasteiger partial charge in [0, 0.05) is 5.56 Å². The first kappa shape index (κ1) is 15.2. The normalized spacial score (nSPS) is 11.7. The number of unbranched alkanes of at least 4 members (excludes halogenated alkanes) is 1. The molecule has 0 spiro atoms. The molecule has 0 amide bonds. The number of esters is 1. The van der Waals surface area contributed by atoms with Crippen molar-refractivity contribution in [3.63, 3.8) is 0 Å². The zero-order valence-corrected chi connectivity index (χ0v) is 11.6. The number of methoxy groups -OCH3 is 1. The first-order chi connectivity index (χ1) is 9.08. The van der Waals surface area contributed by atoms with Crippen molar-refractivity contribution in [2.24, 2.45) is 0 Å². The smallest absolute Gasteiger partial charge is 0.347 e.